The number of nitrogen functional groups attached to an aromatic ring is 1. The van der Waals surface area contributed by atoms with Crippen LogP contribution in [-0.4, -0.2) is 33.2 Å². The largest absolute Gasteiger partial charge is 0.399 e. The van der Waals surface area contributed by atoms with Crippen LogP contribution in [0.25, 0.3) is 22.2 Å². The second kappa shape index (κ2) is 10.1. The number of carbonyl (C=O) groups excluding carboxylic acids is 2. The topological polar surface area (TPSA) is 126 Å². The zero-order chi connectivity index (χ0) is 27.1. The molecule has 0 aliphatic carbocycles. The van der Waals surface area contributed by atoms with E-state index in [4.69, 9.17) is 5.73 Å². The van der Waals surface area contributed by atoms with Crippen LogP contribution < -0.4 is 16.4 Å². The van der Waals surface area contributed by atoms with E-state index < -0.39 is 0 Å². The van der Waals surface area contributed by atoms with E-state index in [1.807, 2.05) is 50.2 Å². The SMILES string of the molecule is Cc1c(CC(=O)c2nc3ccc(N)cc3[nH]2)cccc1-c1cccc(NC(=O)c2nc3c(s2)CNCC3)c1C. The van der Waals surface area contributed by atoms with Crippen LogP contribution in [0.15, 0.2) is 54.6 Å². The maximum atomic E-state index is 13.1. The van der Waals surface area contributed by atoms with Crippen molar-refractivity contribution in [2.24, 2.45) is 0 Å². The van der Waals surface area contributed by atoms with E-state index in [-0.39, 0.29) is 18.1 Å². The number of fused-ring (bicyclic) bond motifs is 2. The van der Waals surface area contributed by atoms with Gasteiger partial charge in [-0.25, -0.2) is 9.97 Å². The summed E-state index contributed by atoms with van der Waals surface area (Å²) < 4.78 is 0. The van der Waals surface area contributed by atoms with E-state index in [9.17, 15) is 9.59 Å². The van der Waals surface area contributed by atoms with Crippen molar-refractivity contribution in [3.8, 4) is 11.1 Å². The standard InChI is InChI=1S/C30H28N6O2S/c1-16-18(13-26(37)28-33-23-10-9-19(31)14-25(23)34-28)5-3-6-20(16)21-7-4-8-22(17(21)2)35-29(38)30-36-24-11-12-32-15-27(24)39-30/h3-10,14,32H,11-13,15,31H2,1-2H3,(H,33,34)(H,35,38). The molecule has 0 spiro atoms. The van der Waals surface area contributed by atoms with Gasteiger partial charge in [0.05, 0.1) is 16.7 Å². The van der Waals surface area contributed by atoms with Gasteiger partial charge in [-0.3, -0.25) is 9.59 Å². The van der Waals surface area contributed by atoms with Crippen molar-refractivity contribution in [3.63, 3.8) is 0 Å². The molecular weight excluding hydrogens is 508 g/mol. The van der Waals surface area contributed by atoms with Gasteiger partial charge in [0, 0.05) is 42.2 Å². The molecule has 1 aliphatic rings. The molecule has 3 aromatic carbocycles. The number of anilines is 2. The van der Waals surface area contributed by atoms with Gasteiger partial charge in [-0.1, -0.05) is 30.3 Å². The lowest BCUT2D eigenvalue weighted by Gasteiger charge is -2.16. The summed E-state index contributed by atoms with van der Waals surface area (Å²) in [5.41, 5.74) is 14.6. The van der Waals surface area contributed by atoms with E-state index in [0.717, 1.165) is 69.1 Å². The van der Waals surface area contributed by atoms with Crippen molar-refractivity contribution in [1.29, 1.82) is 0 Å². The van der Waals surface area contributed by atoms with Gasteiger partial charge < -0.3 is 21.4 Å². The van der Waals surface area contributed by atoms with Crippen LogP contribution in [0.5, 0.6) is 0 Å². The van der Waals surface area contributed by atoms with E-state index in [1.54, 1.807) is 18.2 Å². The average molecular weight is 537 g/mol. The number of thiazole rings is 1. The second-order valence-electron chi connectivity index (χ2n) is 9.80. The molecule has 5 aromatic rings. The number of ketones is 1. The Morgan fingerprint density at radius 3 is 2.64 bits per heavy atom. The number of imidazole rings is 1. The number of aromatic nitrogens is 3. The first kappa shape index (κ1) is 25.0. The number of rotatable bonds is 6. The van der Waals surface area contributed by atoms with Crippen LogP contribution in [0.2, 0.25) is 0 Å². The monoisotopic (exact) mass is 536 g/mol. The highest BCUT2D eigenvalue weighted by Crippen LogP contribution is 2.33. The molecule has 0 atom stereocenters. The molecule has 196 valence electrons. The predicted octanol–water partition coefficient (Wildman–Crippen LogP) is 5.21. The van der Waals surface area contributed by atoms with Crippen molar-refractivity contribution >= 4 is 45.4 Å². The summed E-state index contributed by atoms with van der Waals surface area (Å²) in [6.07, 6.45) is 1.06. The fourth-order valence-electron chi connectivity index (χ4n) is 5.04. The number of aromatic amines is 1. The number of H-pyrrole nitrogens is 1. The van der Waals surface area contributed by atoms with Gasteiger partial charge in [0.1, 0.15) is 0 Å². The summed E-state index contributed by atoms with van der Waals surface area (Å²) >= 11 is 1.45. The van der Waals surface area contributed by atoms with Gasteiger partial charge in [0.15, 0.2) is 10.8 Å². The summed E-state index contributed by atoms with van der Waals surface area (Å²) in [5.74, 6) is 0.0309. The van der Waals surface area contributed by atoms with Gasteiger partial charge in [0.2, 0.25) is 5.78 Å². The molecule has 1 aliphatic heterocycles. The third-order valence-corrected chi connectivity index (χ3v) is 8.33. The molecule has 0 saturated heterocycles. The molecule has 0 bridgehead atoms. The molecule has 1 amide bonds. The highest BCUT2D eigenvalue weighted by molar-refractivity contribution is 7.13. The first-order valence-electron chi connectivity index (χ1n) is 12.8. The van der Waals surface area contributed by atoms with Crippen LogP contribution in [0.4, 0.5) is 11.4 Å². The molecule has 9 heteroatoms. The maximum absolute atomic E-state index is 13.1. The van der Waals surface area contributed by atoms with E-state index >= 15 is 0 Å². The summed E-state index contributed by atoms with van der Waals surface area (Å²) in [6, 6.07) is 17.2. The van der Waals surface area contributed by atoms with Crippen LogP contribution in [-0.2, 0) is 19.4 Å². The molecule has 39 heavy (non-hydrogen) atoms. The Morgan fingerprint density at radius 2 is 1.82 bits per heavy atom. The number of Topliss-reactive ketones (excluding diaryl/α,β-unsaturated/α-hetero) is 1. The minimum atomic E-state index is -0.196. The van der Waals surface area contributed by atoms with E-state index in [1.165, 1.54) is 11.3 Å². The third-order valence-electron chi connectivity index (χ3n) is 7.24. The first-order valence-corrected chi connectivity index (χ1v) is 13.7. The zero-order valence-corrected chi connectivity index (χ0v) is 22.5. The average Bonchev–Trinajstić information content (AvgIpc) is 3.55. The number of nitrogens with two attached hydrogens (primary N) is 1. The van der Waals surface area contributed by atoms with Crippen LogP contribution in [0.3, 0.4) is 0 Å². The van der Waals surface area contributed by atoms with Gasteiger partial charge in [0.25, 0.3) is 5.91 Å². The molecule has 0 fully saturated rings. The van der Waals surface area contributed by atoms with Gasteiger partial charge in [-0.05, 0) is 65.9 Å². The fraction of sp³-hybridized carbons (Fsp3) is 0.200. The Kier molecular flexibility index (Phi) is 6.46. The summed E-state index contributed by atoms with van der Waals surface area (Å²) in [6.45, 7) is 5.67. The van der Waals surface area contributed by atoms with Crippen molar-refractivity contribution in [2.75, 3.05) is 17.6 Å². The minimum absolute atomic E-state index is 0.0934. The molecule has 3 heterocycles. The maximum Gasteiger partial charge on any atom is 0.284 e. The van der Waals surface area contributed by atoms with Crippen molar-refractivity contribution in [3.05, 3.63) is 92.7 Å². The quantitative estimate of drug-likeness (QED) is 0.174. The van der Waals surface area contributed by atoms with E-state index in [0.29, 0.717) is 22.0 Å². The number of carbonyl (C=O) groups is 2. The normalized spacial score (nSPS) is 12.9. The smallest absolute Gasteiger partial charge is 0.284 e. The number of nitrogens with zero attached hydrogens (tertiary/aromatic N) is 2. The van der Waals surface area contributed by atoms with Crippen LogP contribution >= 0.6 is 11.3 Å². The Labute approximate surface area is 229 Å². The summed E-state index contributed by atoms with van der Waals surface area (Å²) in [4.78, 5) is 39.4. The number of amides is 1. The second-order valence-corrected chi connectivity index (χ2v) is 10.9. The number of benzene rings is 3. The van der Waals surface area contributed by atoms with Crippen molar-refractivity contribution in [2.45, 2.75) is 33.2 Å². The molecule has 8 nitrogen and oxygen atoms in total. The molecular formula is C30H28N6O2S. The Balaban J connectivity index is 1.25. The van der Waals surface area contributed by atoms with Crippen molar-refractivity contribution in [1.82, 2.24) is 20.3 Å². The molecule has 0 saturated carbocycles. The van der Waals surface area contributed by atoms with Gasteiger partial charge >= 0.3 is 0 Å². The predicted molar refractivity (Wildman–Crippen MR) is 155 cm³/mol. The summed E-state index contributed by atoms with van der Waals surface area (Å²) in [7, 11) is 0. The Bertz CT molecular complexity index is 1730. The molecule has 6 rings (SSSR count). The number of hydrogen-bond acceptors (Lipinski definition) is 7. The zero-order valence-electron chi connectivity index (χ0n) is 21.7. The lowest BCUT2D eigenvalue weighted by molar-refractivity contribution is 0.0982. The van der Waals surface area contributed by atoms with Crippen LogP contribution in [0, 0.1) is 13.8 Å². The molecule has 2 aromatic heterocycles. The minimum Gasteiger partial charge on any atom is -0.399 e. The highest BCUT2D eigenvalue weighted by Gasteiger charge is 2.21. The Morgan fingerprint density at radius 1 is 1.03 bits per heavy atom. The first-order chi connectivity index (χ1) is 18.9. The third kappa shape index (κ3) is 4.82. The summed E-state index contributed by atoms with van der Waals surface area (Å²) in [5, 5.41) is 6.87. The van der Waals surface area contributed by atoms with Gasteiger partial charge in [-0.2, -0.15) is 0 Å². The molecule has 0 unspecified atom stereocenters. The lowest BCUT2D eigenvalue weighted by Crippen LogP contribution is -2.22. The molecule has 5 N–H and O–H groups in total. The number of nitrogens with one attached hydrogen (secondary N) is 3. The Hall–Kier alpha value is -4.34. The van der Waals surface area contributed by atoms with E-state index in [2.05, 4.69) is 25.6 Å². The lowest BCUT2D eigenvalue weighted by atomic mass is 9.91. The van der Waals surface area contributed by atoms with Crippen LogP contribution in [0.1, 0.15) is 47.7 Å². The van der Waals surface area contributed by atoms with Gasteiger partial charge in [-0.15, -0.1) is 11.3 Å². The number of hydrogen-bond donors (Lipinski definition) is 4. The highest BCUT2D eigenvalue weighted by atomic mass is 32.1. The fourth-order valence-corrected chi connectivity index (χ4v) is 6.02. The van der Waals surface area contributed by atoms with Crippen molar-refractivity contribution < 1.29 is 9.59 Å². The molecule has 0 radical (unpaired) electrons.